The van der Waals surface area contributed by atoms with E-state index < -0.39 is 0 Å². The molecule has 0 atom stereocenters. The van der Waals surface area contributed by atoms with E-state index >= 15 is 0 Å². The van der Waals surface area contributed by atoms with Crippen molar-refractivity contribution in [1.82, 2.24) is 0 Å². The first-order valence-corrected chi connectivity index (χ1v) is 7.37. The lowest BCUT2D eigenvalue weighted by Gasteiger charge is -2.16. The summed E-state index contributed by atoms with van der Waals surface area (Å²) in [4.78, 5) is 0. The molecule has 0 saturated carbocycles. The fraction of sp³-hybridized carbons (Fsp3) is 0.167. The molecule has 2 heterocycles. The SMILES string of the molecule is COc1ccc2cc3[n+](cc2c1O)CCc1cc(O)c(O)cc1-3. The third-order valence-electron chi connectivity index (χ3n) is 4.42. The maximum absolute atomic E-state index is 10.3. The third kappa shape index (κ3) is 1.97. The van der Waals surface area contributed by atoms with Crippen molar-refractivity contribution < 1.29 is 24.6 Å². The fourth-order valence-corrected chi connectivity index (χ4v) is 3.21. The molecule has 1 aromatic heterocycles. The van der Waals surface area contributed by atoms with E-state index in [2.05, 4.69) is 0 Å². The van der Waals surface area contributed by atoms with Gasteiger partial charge in [0.05, 0.1) is 18.1 Å². The minimum Gasteiger partial charge on any atom is -0.504 e. The van der Waals surface area contributed by atoms with Crippen molar-refractivity contribution in [3.8, 4) is 34.3 Å². The quantitative estimate of drug-likeness (QED) is 0.477. The molecule has 1 aliphatic rings. The minimum absolute atomic E-state index is 0.0969. The summed E-state index contributed by atoms with van der Waals surface area (Å²) < 4.78 is 7.20. The largest absolute Gasteiger partial charge is 0.504 e. The second kappa shape index (κ2) is 4.78. The number of phenolic OH excluding ortho intramolecular Hbond substituents is 3. The lowest BCUT2D eigenvalue weighted by molar-refractivity contribution is -0.686. The van der Waals surface area contributed by atoms with Crippen LogP contribution >= 0.6 is 0 Å². The number of methoxy groups -OCH3 is 1. The Morgan fingerprint density at radius 1 is 1.04 bits per heavy atom. The van der Waals surface area contributed by atoms with E-state index in [4.69, 9.17) is 4.74 Å². The monoisotopic (exact) mass is 310 g/mol. The van der Waals surface area contributed by atoms with Gasteiger partial charge in [-0.1, -0.05) is 0 Å². The first kappa shape index (κ1) is 13.7. The van der Waals surface area contributed by atoms with Crippen molar-refractivity contribution in [1.29, 1.82) is 0 Å². The molecule has 0 amide bonds. The second-order valence-electron chi connectivity index (χ2n) is 5.72. The van der Waals surface area contributed by atoms with Crippen LogP contribution < -0.4 is 9.30 Å². The number of pyridine rings is 1. The zero-order chi connectivity index (χ0) is 16.1. The van der Waals surface area contributed by atoms with Gasteiger partial charge in [-0.05, 0) is 35.2 Å². The summed E-state index contributed by atoms with van der Waals surface area (Å²) in [5, 5.41) is 31.4. The van der Waals surface area contributed by atoms with Gasteiger partial charge in [-0.2, -0.15) is 4.57 Å². The van der Waals surface area contributed by atoms with Gasteiger partial charge in [0.15, 0.2) is 35.7 Å². The number of hydrogen-bond donors (Lipinski definition) is 3. The van der Waals surface area contributed by atoms with Crippen LogP contribution in [0.15, 0.2) is 36.5 Å². The van der Waals surface area contributed by atoms with Crippen LogP contribution in [-0.2, 0) is 13.0 Å². The van der Waals surface area contributed by atoms with Crippen molar-refractivity contribution in [2.75, 3.05) is 7.11 Å². The van der Waals surface area contributed by atoms with E-state index in [1.54, 1.807) is 18.2 Å². The lowest BCUT2D eigenvalue weighted by Crippen LogP contribution is -2.39. The smallest absolute Gasteiger partial charge is 0.213 e. The molecule has 1 aliphatic heterocycles. The molecule has 0 bridgehead atoms. The van der Waals surface area contributed by atoms with Crippen molar-refractivity contribution in [2.45, 2.75) is 13.0 Å². The average Bonchev–Trinajstić information content (AvgIpc) is 2.55. The highest BCUT2D eigenvalue weighted by molar-refractivity contribution is 5.91. The van der Waals surface area contributed by atoms with Gasteiger partial charge in [0.25, 0.3) is 0 Å². The molecule has 3 N–H and O–H groups in total. The summed E-state index contributed by atoms with van der Waals surface area (Å²) in [7, 11) is 1.53. The predicted molar refractivity (Wildman–Crippen MR) is 84.8 cm³/mol. The van der Waals surface area contributed by atoms with Crippen molar-refractivity contribution in [3.63, 3.8) is 0 Å². The molecule has 0 radical (unpaired) electrons. The van der Waals surface area contributed by atoms with Gasteiger partial charge in [0.1, 0.15) is 0 Å². The van der Waals surface area contributed by atoms with Crippen molar-refractivity contribution >= 4 is 10.8 Å². The van der Waals surface area contributed by atoms with Crippen LogP contribution in [0.25, 0.3) is 22.0 Å². The van der Waals surface area contributed by atoms with Crippen LogP contribution in [0.5, 0.6) is 23.0 Å². The molecule has 0 unspecified atom stereocenters. The number of aromatic nitrogens is 1. The number of ether oxygens (including phenoxy) is 1. The topological polar surface area (TPSA) is 73.8 Å². The molecule has 0 aliphatic carbocycles. The summed E-state index contributed by atoms with van der Waals surface area (Å²) in [6.45, 7) is 0.735. The van der Waals surface area contributed by atoms with Crippen LogP contribution in [-0.4, -0.2) is 22.4 Å². The Labute approximate surface area is 132 Å². The van der Waals surface area contributed by atoms with Crippen LogP contribution in [0, 0.1) is 0 Å². The normalized spacial score (nSPS) is 12.7. The number of aromatic hydroxyl groups is 3. The Bertz CT molecular complexity index is 950. The zero-order valence-electron chi connectivity index (χ0n) is 12.6. The van der Waals surface area contributed by atoms with Gasteiger partial charge >= 0.3 is 0 Å². The van der Waals surface area contributed by atoms with E-state index in [1.807, 2.05) is 22.9 Å². The molecule has 2 aromatic carbocycles. The number of benzene rings is 2. The third-order valence-corrected chi connectivity index (χ3v) is 4.42. The molecule has 0 spiro atoms. The summed E-state index contributed by atoms with van der Waals surface area (Å²) >= 11 is 0. The van der Waals surface area contributed by atoms with Gasteiger partial charge in [-0.15, -0.1) is 0 Å². The summed E-state index contributed by atoms with van der Waals surface area (Å²) in [5.74, 6) is 0.340. The van der Waals surface area contributed by atoms with Gasteiger partial charge in [0, 0.05) is 12.5 Å². The Morgan fingerprint density at radius 3 is 2.61 bits per heavy atom. The molecule has 0 saturated heterocycles. The predicted octanol–water partition coefficient (Wildman–Crippen LogP) is 2.48. The van der Waals surface area contributed by atoms with E-state index in [0.29, 0.717) is 5.75 Å². The van der Waals surface area contributed by atoms with Gasteiger partial charge in [-0.25, -0.2) is 0 Å². The fourth-order valence-electron chi connectivity index (χ4n) is 3.21. The molecule has 3 aromatic rings. The molecule has 5 heteroatoms. The summed E-state index contributed by atoms with van der Waals surface area (Å²) in [6, 6.07) is 8.80. The highest BCUT2D eigenvalue weighted by Gasteiger charge is 2.26. The van der Waals surface area contributed by atoms with Crippen LogP contribution in [0.2, 0.25) is 0 Å². The summed E-state index contributed by atoms with van der Waals surface area (Å²) in [6.07, 6.45) is 2.65. The molecule has 5 nitrogen and oxygen atoms in total. The standard InChI is InChI=1S/C18H15NO4/c1-23-17-3-2-10-6-14-12-8-16(21)15(20)7-11(12)4-5-19(14)9-13(10)18(17)22/h2-3,6-9H,4-5H2,1H3,(H2,20,21,22)/p+1. The van der Waals surface area contributed by atoms with Crippen LogP contribution in [0.4, 0.5) is 0 Å². The minimum atomic E-state index is -0.130. The number of hydrogen-bond acceptors (Lipinski definition) is 4. The molecule has 0 fully saturated rings. The lowest BCUT2D eigenvalue weighted by atomic mass is 9.95. The second-order valence-corrected chi connectivity index (χ2v) is 5.72. The number of rotatable bonds is 1. The number of fused-ring (bicyclic) bond motifs is 4. The van der Waals surface area contributed by atoms with Crippen molar-refractivity contribution in [2.24, 2.45) is 0 Å². The van der Waals surface area contributed by atoms with Crippen LogP contribution in [0.3, 0.4) is 0 Å². The first-order chi connectivity index (χ1) is 11.1. The van der Waals surface area contributed by atoms with Gasteiger partial charge in [0.2, 0.25) is 5.69 Å². The summed E-state index contributed by atoms with van der Waals surface area (Å²) in [5.41, 5.74) is 2.83. The number of nitrogens with zero attached hydrogens (tertiary/aromatic N) is 1. The molecule has 116 valence electrons. The maximum atomic E-state index is 10.3. The highest BCUT2D eigenvalue weighted by atomic mass is 16.5. The Kier molecular flexibility index (Phi) is 2.84. The van der Waals surface area contributed by atoms with E-state index in [0.717, 1.165) is 40.6 Å². The molecular weight excluding hydrogens is 294 g/mol. The van der Waals surface area contributed by atoms with Crippen LogP contribution in [0.1, 0.15) is 5.56 Å². The maximum Gasteiger partial charge on any atom is 0.213 e. The molecule has 4 rings (SSSR count). The first-order valence-electron chi connectivity index (χ1n) is 7.37. The Morgan fingerprint density at radius 2 is 1.83 bits per heavy atom. The molecular formula is C18H16NO4+. The highest BCUT2D eigenvalue weighted by Crippen LogP contribution is 2.38. The number of aryl methyl sites for hydroxylation is 2. The number of phenols is 3. The average molecular weight is 310 g/mol. The Hall–Kier alpha value is -2.95. The van der Waals surface area contributed by atoms with E-state index in [9.17, 15) is 15.3 Å². The Balaban J connectivity index is 2.00. The van der Waals surface area contributed by atoms with E-state index in [1.165, 1.54) is 7.11 Å². The van der Waals surface area contributed by atoms with Gasteiger partial charge in [-0.3, -0.25) is 0 Å². The van der Waals surface area contributed by atoms with Gasteiger partial charge < -0.3 is 20.1 Å². The van der Waals surface area contributed by atoms with E-state index in [-0.39, 0.29) is 17.2 Å². The zero-order valence-corrected chi connectivity index (χ0v) is 12.6. The molecule has 23 heavy (non-hydrogen) atoms. The van der Waals surface area contributed by atoms with Crippen molar-refractivity contribution in [3.05, 3.63) is 42.1 Å².